The van der Waals surface area contributed by atoms with E-state index in [-0.39, 0.29) is 5.54 Å². The molecule has 0 saturated carbocycles. The Morgan fingerprint density at radius 2 is 2.18 bits per heavy atom. The molecule has 2 heterocycles. The summed E-state index contributed by atoms with van der Waals surface area (Å²) in [6.07, 6.45) is 3.99. The zero-order chi connectivity index (χ0) is 12.1. The molecule has 1 fully saturated rings. The lowest BCUT2D eigenvalue weighted by Crippen LogP contribution is -2.46. The third-order valence-electron chi connectivity index (χ3n) is 3.32. The van der Waals surface area contributed by atoms with Crippen molar-refractivity contribution < 1.29 is 9.47 Å². The van der Waals surface area contributed by atoms with Crippen LogP contribution in [0.15, 0.2) is 18.3 Å². The normalized spacial score (nSPS) is 18.9. The first-order valence-electron chi connectivity index (χ1n) is 6.04. The van der Waals surface area contributed by atoms with Crippen LogP contribution in [0, 0.1) is 0 Å². The van der Waals surface area contributed by atoms with E-state index in [1.54, 1.807) is 7.11 Å². The van der Waals surface area contributed by atoms with Crippen molar-refractivity contribution in [1.29, 1.82) is 0 Å². The molecule has 0 atom stereocenters. The lowest BCUT2D eigenvalue weighted by Gasteiger charge is -2.34. The minimum absolute atomic E-state index is 0.193. The number of nitrogens with zero attached hydrogens (tertiary/aromatic N) is 1. The summed E-state index contributed by atoms with van der Waals surface area (Å²) < 4.78 is 10.4. The van der Waals surface area contributed by atoms with Gasteiger partial charge in [-0.15, -0.1) is 0 Å². The van der Waals surface area contributed by atoms with Gasteiger partial charge in [-0.25, -0.2) is 4.98 Å². The van der Waals surface area contributed by atoms with Gasteiger partial charge in [-0.1, -0.05) is 6.07 Å². The van der Waals surface area contributed by atoms with Crippen LogP contribution in [0.25, 0.3) is 0 Å². The van der Waals surface area contributed by atoms with Crippen LogP contribution in [0.2, 0.25) is 0 Å². The van der Waals surface area contributed by atoms with E-state index < -0.39 is 0 Å². The fraction of sp³-hybridized carbons (Fsp3) is 0.615. The van der Waals surface area contributed by atoms with Crippen LogP contribution in [0.1, 0.15) is 25.3 Å². The van der Waals surface area contributed by atoms with Crippen LogP contribution in [-0.2, 0) is 11.3 Å². The molecule has 17 heavy (non-hydrogen) atoms. The van der Waals surface area contributed by atoms with Crippen LogP contribution >= 0.6 is 0 Å². The highest BCUT2D eigenvalue weighted by Gasteiger charge is 2.26. The maximum Gasteiger partial charge on any atom is 0.212 e. The maximum absolute atomic E-state index is 5.38. The van der Waals surface area contributed by atoms with Crippen molar-refractivity contribution in [3.63, 3.8) is 0 Å². The molecule has 1 N–H and O–H groups in total. The standard InChI is InChI=1S/C13H20N2O2/c1-13(5-7-17-8-6-13)15-10-11-3-4-12(16-2)14-9-11/h3-4,9,15H,5-8,10H2,1-2H3. The topological polar surface area (TPSA) is 43.4 Å². The van der Waals surface area contributed by atoms with E-state index >= 15 is 0 Å². The Morgan fingerprint density at radius 3 is 2.76 bits per heavy atom. The molecule has 0 aliphatic carbocycles. The van der Waals surface area contributed by atoms with E-state index in [0.717, 1.165) is 32.6 Å². The Labute approximate surface area is 102 Å². The molecule has 2 rings (SSSR count). The van der Waals surface area contributed by atoms with Gasteiger partial charge in [0.25, 0.3) is 0 Å². The number of nitrogens with one attached hydrogen (secondary N) is 1. The van der Waals surface area contributed by atoms with Crippen molar-refractivity contribution in [3.05, 3.63) is 23.9 Å². The third-order valence-corrected chi connectivity index (χ3v) is 3.32. The third kappa shape index (κ3) is 3.41. The van der Waals surface area contributed by atoms with E-state index in [2.05, 4.69) is 17.2 Å². The van der Waals surface area contributed by atoms with Gasteiger partial charge in [0, 0.05) is 37.6 Å². The summed E-state index contributed by atoms with van der Waals surface area (Å²) in [4.78, 5) is 4.20. The molecule has 1 aliphatic rings. The van der Waals surface area contributed by atoms with Crippen molar-refractivity contribution in [3.8, 4) is 5.88 Å². The zero-order valence-corrected chi connectivity index (χ0v) is 10.5. The lowest BCUT2D eigenvalue weighted by atomic mass is 9.92. The molecule has 0 spiro atoms. The van der Waals surface area contributed by atoms with E-state index in [1.165, 1.54) is 5.56 Å². The SMILES string of the molecule is COc1ccc(CNC2(C)CCOCC2)cn1. The summed E-state index contributed by atoms with van der Waals surface area (Å²) in [6, 6.07) is 3.94. The predicted molar refractivity (Wildman–Crippen MR) is 66.1 cm³/mol. The monoisotopic (exact) mass is 236 g/mol. The average molecular weight is 236 g/mol. The Kier molecular flexibility index (Phi) is 3.97. The van der Waals surface area contributed by atoms with Gasteiger partial charge in [0.05, 0.1) is 7.11 Å². The highest BCUT2D eigenvalue weighted by atomic mass is 16.5. The average Bonchev–Trinajstić information content (AvgIpc) is 2.38. The molecule has 4 nitrogen and oxygen atoms in total. The summed E-state index contributed by atoms with van der Waals surface area (Å²) >= 11 is 0. The lowest BCUT2D eigenvalue weighted by molar-refractivity contribution is 0.0446. The second-order valence-corrected chi connectivity index (χ2v) is 4.74. The fourth-order valence-corrected chi connectivity index (χ4v) is 1.95. The number of pyridine rings is 1. The van der Waals surface area contributed by atoms with Gasteiger partial charge >= 0.3 is 0 Å². The van der Waals surface area contributed by atoms with E-state index in [9.17, 15) is 0 Å². The number of aromatic nitrogens is 1. The second kappa shape index (κ2) is 5.47. The summed E-state index contributed by atoms with van der Waals surface area (Å²) in [6.45, 7) is 4.80. The van der Waals surface area contributed by atoms with Crippen LogP contribution in [-0.4, -0.2) is 30.8 Å². The van der Waals surface area contributed by atoms with E-state index in [4.69, 9.17) is 9.47 Å². The van der Waals surface area contributed by atoms with Crippen LogP contribution in [0.3, 0.4) is 0 Å². The predicted octanol–water partition coefficient (Wildman–Crippen LogP) is 1.75. The maximum atomic E-state index is 5.38. The quantitative estimate of drug-likeness (QED) is 0.865. The van der Waals surface area contributed by atoms with Gasteiger partial charge in [-0.05, 0) is 25.3 Å². The fourth-order valence-electron chi connectivity index (χ4n) is 1.95. The molecule has 0 aromatic carbocycles. The number of methoxy groups -OCH3 is 1. The van der Waals surface area contributed by atoms with Crippen molar-refractivity contribution in [2.45, 2.75) is 31.8 Å². The molecule has 0 bridgehead atoms. The van der Waals surface area contributed by atoms with E-state index in [1.807, 2.05) is 18.3 Å². The van der Waals surface area contributed by atoms with Gasteiger partial charge in [-0.3, -0.25) is 0 Å². The largest absolute Gasteiger partial charge is 0.481 e. The Balaban J connectivity index is 1.87. The molecule has 0 unspecified atom stereocenters. The number of hydrogen-bond donors (Lipinski definition) is 1. The van der Waals surface area contributed by atoms with Gasteiger partial charge < -0.3 is 14.8 Å². The van der Waals surface area contributed by atoms with Crippen LogP contribution in [0.4, 0.5) is 0 Å². The molecule has 1 aromatic rings. The van der Waals surface area contributed by atoms with Crippen LogP contribution in [0.5, 0.6) is 5.88 Å². The molecular formula is C13H20N2O2. The first-order chi connectivity index (χ1) is 8.22. The summed E-state index contributed by atoms with van der Waals surface area (Å²) in [5, 5.41) is 3.59. The molecule has 1 aromatic heterocycles. The molecule has 1 saturated heterocycles. The number of hydrogen-bond acceptors (Lipinski definition) is 4. The molecule has 4 heteroatoms. The molecule has 94 valence electrons. The van der Waals surface area contributed by atoms with Gasteiger partial charge in [0.15, 0.2) is 0 Å². The number of rotatable bonds is 4. The molecular weight excluding hydrogens is 216 g/mol. The van der Waals surface area contributed by atoms with Gasteiger partial charge in [0.2, 0.25) is 5.88 Å². The summed E-state index contributed by atoms with van der Waals surface area (Å²) in [5.41, 5.74) is 1.37. The molecule has 1 aliphatic heterocycles. The van der Waals surface area contributed by atoms with Crippen molar-refractivity contribution in [1.82, 2.24) is 10.3 Å². The smallest absolute Gasteiger partial charge is 0.212 e. The van der Waals surface area contributed by atoms with E-state index in [0.29, 0.717) is 5.88 Å². The Hall–Kier alpha value is -1.13. The van der Waals surface area contributed by atoms with Gasteiger partial charge in [-0.2, -0.15) is 0 Å². The zero-order valence-electron chi connectivity index (χ0n) is 10.5. The highest BCUT2D eigenvalue weighted by molar-refractivity contribution is 5.17. The Bertz CT molecular complexity index is 345. The summed E-state index contributed by atoms with van der Waals surface area (Å²) in [5.74, 6) is 0.658. The minimum Gasteiger partial charge on any atom is -0.481 e. The Morgan fingerprint density at radius 1 is 1.41 bits per heavy atom. The minimum atomic E-state index is 0.193. The molecule has 0 amide bonds. The van der Waals surface area contributed by atoms with Crippen molar-refractivity contribution in [2.24, 2.45) is 0 Å². The highest BCUT2D eigenvalue weighted by Crippen LogP contribution is 2.20. The first kappa shape index (κ1) is 12.3. The number of ether oxygens (including phenoxy) is 2. The second-order valence-electron chi connectivity index (χ2n) is 4.74. The first-order valence-corrected chi connectivity index (χ1v) is 6.04. The van der Waals surface area contributed by atoms with Crippen LogP contribution < -0.4 is 10.1 Å². The molecule has 0 radical (unpaired) electrons. The van der Waals surface area contributed by atoms with Gasteiger partial charge in [0.1, 0.15) is 0 Å². The van der Waals surface area contributed by atoms with Crippen molar-refractivity contribution >= 4 is 0 Å². The summed E-state index contributed by atoms with van der Waals surface area (Å²) in [7, 11) is 1.63. The van der Waals surface area contributed by atoms with Crippen molar-refractivity contribution in [2.75, 3.05) is 20.3 Å².